The number of ether oxygens (including phenoxy) is 5. The van der Waals surface area contributed by atoms with E-state index < -0.39 is 53.0 Å². The second-order valence-corrected chi connectivity index (χ2v) is 20.2. The first-order valence-corrected chi connectivity index (χ1v) is 22.5. The molecule has 61 heavy (non-hydrogen) atoms. The van der Waals surface area contributed by atoms with E-state index in [1.165, 1.54) is 36.2 Å². The van der Waals surface area contributed by atoms with E-state index in [4.69, 9.17) is 33.7 Å². The van der Waals surface area contributed by atoms with Crippen molar-refractivity contribution in [2.75, 3.05) is 39.3 Å². The Balaban J connectivity index is 1.10. The summed E-state index contributed by atoms with van der Waals surface area (Å²) in [5, 5.41) is 12.7. The van der Waals surface area contributed by atoms with Crippen molar-refractivity contribution in [3.05, 3.63) is 29.1 Å². The molecule has 5 atom stereocenters. The summed E-state index contributed by atoms with van der Waals surface area (Å²) in [4.78, 5) is 67.3. The van der Waals surface area contributed by atoms with Crippen LogP contribution < -0.4 is 25.4 Å². The molecule has 0 spiro atoms. The van der Waals surface area contributed by atoms with Crippen LogP contribution in [-0.2, 0) is 28.6 Å². The monoisotopic (exact) mass is 860 g/mol. The highest BCUT2D eigenvalue weighted by Gasteiger charge is 2.86. The molecule has 15 nitrogen and oxygen atoms in total. The molecule has 3 heterocycles. The molecule has 3 aromatic rings. The summed E-state index contributed by atoms with van der Waals surface area (Å²) >= 11 is 1.48. The minimum absolute atomic E-state index is 0.0336. The first-order valence-electron chi connectivity index (χ1n) is 21.6. The number of aryl methyl sites for hydroxylation is 1. The largest absolute Gasteiger partial charge is 0.491 e. The number of nitrogens with zero attached hydrogens (tertiary/aromatic N) is 3. The number of pyridine rings is 1. The maximum atomic E-state index is 14.9. The summed E-state index contributed by atoms with van der Waals surface area (Å²) in [7, 11) is 2.93. The van der Waals surface area contributed by atoms with Crippen LogP contribution >= 0.6 is 11.3 Å². The van der Waals surface area contributed by atoms with Crippen LogP contribution in [0.1, 0.15) is 92.1 Å². The Kier molecular flexibility index (Phi) is 11.2. The summed E-state index contributed by atoms with van der Waals surface area (Å²) in [5.74, 6) is -0.388. The number of hydrogen-bond donors (Lipinski definition) is 3. The molecule has 1 aromatic carbocycles. The number of methoxy groups -OCH3 is 2. The molecular weight excluding hydrogens is 801 g/mol. The average Bonchev–Trinajstić information content (AvgIpc) is 3.98. The van der Waals surface area contributed by atoms with Crippen molar-refractivity contribution < 1.29 is 42.9 Å². The standard InChI is InChI=1S/C45H60N6O9S/c1-10-26-17-45(26,39(54)57-9)50-37(52)32-15-27(20-51(32)38(53)36(42(5,6)7)49-41(55)60-28-18-43-22-44(43,19-28)23-43)59-34-16-30(31-21-61-40(48-31)46-24(2)3)47-35-25(4)33(12-11-29(34)35)58-14-13-56-8/h11-12,16,21,24,26-28,32,36H,10,13-15,17-20,22-23H2,1-9H3,(H,46,48)(H,49,55)(H,50,52)/t26-,27?,28?,32+,36-,43?,44?,45?/m1/s1. The second-order valence-electron chi connectivity index (χ2n) is 19.3. The molecule has 330 valence electrons. The van der Waals surface area contributed by atoms with Gasteiger partial charge in [-0.1, -0.05) is 34.1 Å². The Morgan fingerprint density at radius 3 is 2.36 bits per heavy atom. The number of carbonyl (C=O) groups is 4. The third-order valence-electron chi connectivity index (χ3n) is 13.6. The van der Waals surface area contributed by atoms with E-state index >= 15 is 0 Å². The summed E-state index contributed by atoms with van der Waals surface area (Å²) in [6, 6.07) is 3.75. The lowest BCUT2D eigenvalue weighted by atomic mass is 9.85. The number of hydrogen-bond acceptors (Lipinski definition) is 13. The third-order valence-corrected chi connectivity index (χ3v) is 14.4. The molecule has 0 bridgehead atoms. The van der Waals surface area contributed by atoms with Gasteiger partial charge in [-0.2, -0.15) is 0 Å². The summed E-state index contributed by atoms with van der Waals surface area (Å²) in [6.07, 6.45) is 3.95. The van der Waals surface area contributed by atoms with Gasteiger partial charge in [-0.25, -0.2) is 19.6 Å². The number of fused-ring (bicyclic) bond motifs is 1. The molecule has 5 aliphatic rings. The molecule has 2 unspecified atom stereocenters. The number of likely N-dealkylation sites (tertiary alicyclic amines) is 1. The van der Waals surface area contributed by atoms with Crippen molar-refractivity contribution in [2.45, 2.75) is 129 Å². The summed E-state index contributed by atoms with van der Waals surface area (Å²) in [5.41, 5.74) is 1.51. The topological polar surface area (TPSA) is 180 Å². The zero-order valence-electron chi connectivity index (χ0n) is 36.8. The molecule has 4 saturated carbocycles. The second kappa shape index (κ2) is 15.9. The van der Waals surface area contributed by atoms with Gasteiger partial charge in [0.15, 0.2) is 5.13 Å². The van der Waals surface area contributed by atoms with Crippen molar-refractivity contribution in [3.8, 4) is 22.9 Å². The van der Waals surface area contributed by atoms with Crippen molar-refractivity contribution >= 4 is 51.2 Å². The molecule has 0 radical (unpaired) electrons. The van der Waals surface area contributed by atoms with E-state index in [1.54, 1.807) is 7.11 Å². The summed E-state index contributed by atoms with van der Waals surface area (Å²) in [6.45, 7) is 14.4. The molecule has 16 heteroatoms. The van der Waals surface area contributed by atoms with Crippen LogP contribution in [0.2, 0.25) is 0 Å². The lowest BCUT2D eigenvalue weighted by Gasteiger charge is -2.35. The molecular formula is C45H60N6O9S. The highest BCUT2D eigenvalue weighted by atomic mass is 32.1. The molecule has 4 aliphatic carbocycles. The number of carbonyl (C=O) groups excluding carboxylic acids is 4. The smallest absolute Gasteiger partial charge is 0.408 e. The van der Waals surface area contributed by atoms with E-state index in [-0.39, 0.29) is 31.0 Å². The average molecular weight is 861 g/mol. The van der Waals surface area contributed by atoms with Crippen LogP contribution in [0.4, 0.5) is 9.93 Å². The number of rotatable bonds is 16. The SMILES string of the molecule is CC[C@@H]1CC1(NC(=O)[C@@H]1CC(Oc2cc(-c3csc(NC(C)C)n3)nc3c(C)c(OCCOC)ccc23)CN1C(=O)[C@@H](NC(=O)OC1CC23CC2(C1)C3)C(C)(C)C)C(=O)OC. The minimum Gasteiger partial charge on any atom is -0.491 e. The van der Waals surface area contributed by atoms with Crippen molar-refractivity contribution in [2.24, 2.45) is 22.2 Å². The van der Waals surface area contributed by atoms with E-state index in [9.17, 15) is 19.2 Å². The van der Waals surface area contributed by atoms with Crippen molar-refractivity contribution in [1.29, 1.82) is 0 Å². The van der Waals surface area contributed by atoms with Gasteiger partial charge >= 0.3 is 12.1 Å². The molecule has 3 N–H and O–H groups in total. The van der Waals surface area contributed by atoms with Crippen molar-refractivity contribution in [1.82, 2.24) is 25.5 Å². The lowest BCUT2D eigenvalue weighted by molar-refractivity contribution is -0.148. The quantitative estimate of drug-likeness (QED) is 0.107. The predicted octanol–water partition coefficient (Wildman–Crippen LogP) is 6.40. The summed E-state index contributed by atoms with van der Waals surface area (Å²) < 4.78 is 29.2. The van der Waals surface area contributed by atoms with Crippen LogP contribution in [0.15, 0.2) is 23.6 Å². The van der Waals surface area contributed by atoms with Crippen LogP contribution in [0.5, 0.6) is 11.5 Å². The molecule has 3 amide bonds. The van der Waals surface area contributed by atoms with Crippen molar-refractivity contribution in [3.63, 3.8) is 0 Å². The number of nitrogens with one attached hydrogen (secondary N) is 3. The van der Waals surface area contributed by atoms with Gasteiger partial charge in [-0.15, -0.1) is 11.3 Å². The van der Waals surface area contributed by atoms with E-state index in [0.717, 1.165) is 23.5 Å². The van der Waals surface area contributed by atoms with Gasteiger partial charge < -0.3 is 44.5 Å². The first-order chi connectivity index (χ1) is 28.9. The van der Waals surface area contributed by atoms with Crippen LogP contribution in [-0.4, -0.2) is 109 Å². The van der Waals surface area contributed by atoms with Gasteiger partial charge in [0, 0.05) is 42.0 Å². The maximum Gasteiger partial charge on any atom is 0.408 e. The number of anilines is 1. The normalized spacial score (nSPS) is 28.7. The number of thiazole rings is 1. The van der Waals surface area contributed by atoms with Gasteiger partial charge in [0.1, 0.15) is 53.6 Å². The minimum atomic E-state index is -1.17. The highest BCUT2D eigenvalue weighted by molar-refractivity contribution is 7.14. The number of amides is 3. The van der Waals surface area contributed by atoms with Gasteiger partial charge in [-0.3, -0.25) is 9.59 Å². The zero-order chi connectivity index (χ0) is 43.6. The predicted molar refractivity (Wildman–Crippen MR) is 230 cm³/mol. The highest BCUT2D eigenvalue weighted by Crippen LogP contribution is 2.93. The number of benzene rings is 1. The van der Waals surface area contributed by atoms with Crippen LogP contribution in [0, 0.1) is 29.1 Å². The van der Waals surface area contributed by atoms with Crippen LogP contribution in [0.3, 0.4) is 0 Å². The van der Waals surface area contributed by atoms with E-state index in [0.29, 0.717) is 70.7 Å². The molecule has 8 rings (SSSR count). The Hall–Kier alpha value is -4.70. The number of aromatic nitrogens is 2. The molecule has 5 fully saturated rings. The fourth-order valence-electron chi connectivity index (χ4n) is 10.0. The first kappa shape index (κ1) is 43.0. The number of esters is 1. The third kappa shape index (κ3) is 8.10. The Labute approximate surface area is 361 Å². The Bertz CT molecular complexity index is 2200. The molecule has 1 saturated heterocycles. The van der Waals surface area contributed by atoms with Crippen LogP contribution in [0.25, 0.3) is 22.3 Å². The fraction of sp³-hybridized carbons (Fsp3) is 0.644. The Morgan fingerprint density at radius 2 is 1.72 bits per heavy atom. The molecule has 2 aromatic heterocycles. The maximum absolute atomic E-state index is 14.9. The van der Waals surface area contributed by atoms with Gasteiger partial charge in [-0.05, 0) is 87.2 Å². The van der Waals surface area contributed by atoms with E-state index in [1.807, 2.05) is 72.0 Å². The van der Waals surface area contributed by atoms with Gasteiger partial charge in [0.2, 0.25) is 11.8 Å². The Morgan fingerprint density at radius 1 is 0.984 bits per heavy atom. The number of alkyl carbamates (subject to hydrolysis) is 1. The van der Waals surface area contributed by atoms with Gasteiger partial charge in [0.25, 0.3) is 0 Å². The fourth-order valence-corrected chi connectivity index (χ4v) is 10.9. The van der Waals surface area contributed by atoms with E-state index in [2.05, 4.69) is 16.0 Å². The lowest BCUT2D eigenvalue weighted by Crippen LogP contribution is -2.59. The van der Waals surface area contributed by atoms with Gasteiger partial charge in [0.05, 0.1) is 31.5 Å². The zero-order valence-corrected chi connectivity index (χ0v) is 37.6. The molecule has 1 aliphatic heterocycles.